The lowest BCUT2D eigenvalue weighted by Gasteiger charge is -2.10. The maximum Gasteiger partial charge on any atom is 0.338 e. The summed E-state index contributed by atoms with van der Waals surface area (Å²) in [5.41, 5.74) is 12.3. The summed E-state index contributed by atoms with van der Waals surface area (Å²) in [6, 6.07) is 73.5. The van der Waals surface area contributed by atoms with Crippen molar-refractivity contribution in [1.82, 2.24) is 27.4 Å². The molecule has 0 amide bonds. The van der Waals surface area contributed by atoms with Crippen LogP contribution in [-0.4, -0.2) is 27.4 Å². The van der Waals surface area contributed by atoms with Crippen molar-refractivity contribution in [2.75, 3.05) is 0 Å². The third-order valence-electron chi connectivity index (χ3n) is 12.8. The molecular formula is C56H36N6O2. The van der Waals surface area contributed by atoms with Gasteiger partial charge in [-0.25, -0.2) is 9.59 Å². The van der Waals surface area contributed by atoms with Gasteiger partial charge in [-0.2, -0.15) is 0 Å². The first-order chi connectivity index (χ1) is 31.6. The molecule has 0 N–H and O–H groups in total. The Hall–Kier alpha value is -8.88. The lowest BCUT2D eigenvalue weighted by atomic mass is 10.2. The predicted octanol–water partition coefficient (Wildman–Crippen LogP) is 12.1. The Balaban J connectivity index is 0.872. The first-order valence-corrected chi connectivity index (χ1v) is 21.4. The molecule has 13 aromatic rings. The molecule has 0 saturated carbocycles. The average Bonchev–Trinajstić information content (AvgIpc) is 4.06. The molecule has 0 atom stereocenters. The van der Waals surface area contributed by atoms with Crippen molar-refractivity contribution in [2.45, 2.75) is 0 Å². The molecule has 13 rings (SSSR count). The van der Waals surface area contributed by atoms with E-state index in [2.05, 4.69) is 130 Å². The molecule has 8 nitrogen and oxygen atoms in total. The van der Waals surface area contributed by atoms with E-state index < -0.39 is 0 Å². The molecule has 0 saturated heterocycles. The highest BCUT2D eigenvalue weighted by molar-refractivity contribution is 6.10. The molecule has 0 aliphatic carbocycles. The van der Waals surface area contributed by atoms with Gasteiger partial charge >= 0.3 is 11.4 Å². The summed E-state index contributed by atoms with van der Waals surface area (Å²) in [6.07, 6.45) is 0. The highest BCUT2D eigenvalue weighted by Gasteiger charge is 2.20. The zero-order valence-electron chi connectivity index (χ0n) is 34.3. The van der Waals surface area contributed by atoms with Gasteiger partial charge in [-0.05, 0) is 121 Å². The summed E-state index contributed by atoms with van der Waals surface area (Å²) in [5.74, 6) is 0. The van der Waals surface area contributed by atoms with Gasteiger partial charge in [0.2, 0.25) is 0 Å². The van der Waals surface area contributed by atoms with Crippen molar-refractivity contribution < 1.29 is 0 Å². The standard InChI is InChI=1S/C56H36N6O2/c63-55-59(39-29-25-37(26-30-39)57-47-17-5-1-13-43(47)44-14-2-6-18-48(44)57)51-21-9-11-23-53(51)61(55)41-33-35-42(36-34-41)62-54-24-12-10-22-52(54)60(56(62)64)40-31-27-38(28-32-40)58-49-19-7-3-15-45(49)46-16-4-8-20-50(46)58/h1-36H. The monoisotopic (exact) mass is 824 g/mol. The molecule has 0 bridgehead atoms. The second-order valence-corrected chi connectivity index (χ2v) is 16.2. The molecule has 8 heteroatoms. The number of rotatable bonds is 6. The van der Waals surface area contributed by atoms with Crippen LogP contribution in [-0.2, 0) is 0 Å². The van der Waals surface area contributed by atoms with Gasteiger partial charge in [-0.15, -0.1) is 0 Å². The van der Waals surface area contributed by atoms with Gasteiger partial charge in [0.15, 0.2) is 0 Å². The molecule has 0 unspecified atom stereocenters. The molecule has 9 aromatic carbocycles. The molecule has 0 radical (unpaired) electrons. The first-order valence-electron chi connectivity index (χ1n) is 21.4. The van der Waals surface area contributed by atoms with Gasteiger partial charge in [0.25, 0.3) is 0 Å². The van der Waals surface area contributed by atoms with Crippen LogP contribution in [0.15, 0.2) is 228 Å². The van der Waals surface area contributed by atoms with Gasteiger partial charge in [-0.3, -0.25) is 18.3 Å². The molecule has 0 aliphatic heterocycles. The molecular weight excluding hydrogens is 789 g/mol. The van der Waals surface area contributed by atoms with Crippen LogP contribution in [0.3, 0.4) is 0 Å². The van der Waals surface area contributed by atoms with E-state index in [4.69, 9.17) is 0 Å². The number of hydrogen-bond acceptors (Lipinski definition) is 2. The molecule has 4 heterocycles. The Morgan fingerprint density at radius 2 is 0.359 bits per heavy atom. The Morgan fingerprint density at radius 1 is 0.188 bits per heavy atom. The Bertz CT molecular complexity index is 3730. The fourth-order valence-corrected chi connectivity index (χ4v) is 9.95. The highest BCUT2D eigenvalue weighted by atomic mass is 16.2. The number of para-hydroxylation sites is 8. The topological polar surface area (TPSA) is 63.7 Å². The van der Waals surface area contributed by atoms with Crippen LogP contribution < -0.4 is 11.4 Å². The van der Waals surface area contributed by atoms with E-state index in [1.165, 1.54) is 21.5 Å². The van der Waals surface area contributed by atoms with E-state index in [9.17, 15) is 9.59 Å². The summed E-state index contributed by atoms with van der Waals surface area (Å²) >= 11 is 0. The SMILES string of the molecule is O=c1n(-c2ccc(-n3c(=O)n(-c4ccc(-n5c6ccccc6c6ccccc65)cc4)c4ccccc43)cc2)c2ccccc2n1-c1ccc(-n2c3ccccc3c3ccccc32)cc1. The van der Waals surface area contributed by atoms with Crippen molar-refractivity contribution in [3.8, 4) is 34.1 Å². The lowest BCUT2D eigenvalue weighted by Crippen LogP contribution is -2.23. The number of imidazole rings is 2. The van der Waals surface area contributed by atoms with E-state index in [1.54, 1.807) is 18.3 Å². The Morgan fingerprint density at radius 3 is 0.578 bits per heavy atom. The zero-order chi connectivity index (χ0) is 42.5. The number of nitrogens with zero attached hydrogens (tertiary/aromatic N) is 6. The van der Waals surface area contributed by atoms with Crippen LogP contribution in [0.4, 0.5) is 0 Å². The van der Waals surface area contributed by atoms with E-state index >= 15 is 0 Å². The molecule has 4 aromatic heterocycles. The maximum absolute atomic E-state index is 14.6. The van der Waals surface area contributed by atoms with E-state index in [1.807, 2.05) is 97.1 Å². The third-order valence-corrected chi connectivity index (χ3v) is 12.8. The van der Waals surface area contributed by atoms with Crippen LogP contribution in [0.25, 0.3) is 99.8 Å². The van der Waals surface area contributed by atoms with Gasteiger partial charge in [0.05, 0.1) is 66.9 Å². The fourth-order valence-electron chi connectivity index (χ4n) is 9.95. The molecule has 0 spiro atoms. The number of aromatic nitrogens is 6. The number of hydrogen-bond donors (Lipinski definition) is 0. The predicted molar refractivity (Wildman–Crippen MR) is 260 cm³/mol. The normalized spacial score (nSPS) is 11.9. The molecule has 64 heavy (non-hydrogen) atoms. The summed E-state index contributed by atoms with van der Waals surface area (Å²) in [4.78, 5) is 29.2. The minimum absolute atomic E-state index is 0.184. The summed E-state index contributed by atoms with van der Waals surface area (Å²) < 4.78 is 11.6. The van der Waals surface area contributed by atoms with Crippen LogP contribution in [0.5, 0.6) is 0 Å². The smallest absolute Gasteiger partial charge is 0.309 e. The number of fused-ring (bicyclic) bond motifs is 8. The maximum atomic E-state index is 14.6. The van der Waals surface area contributed by atoms with Gasteiger partial charge in [0.1, 0.15) is 0 Å². The summed E-state index contributed by atoms with van der Waals surface area (Å²) in [7, 11) is 0. The minimum Gasteiger partial charge on any atom is -0.309 e. The molecule has 0 fully saturated rings. The van der Waals surface area contributed by atoms with E-state index in [-0.39, 0.29) is 11.4 Å². The Kier molecular flexibility index (Phi) is 7.74. The largest absolute Gasteiger partial charge is 0.338 e. The van der Waals surface area contributed by atoms with Crippen molar-refractivity contribution >= 4 is 65.7 Å². The second-order valence-electron chi connectivity index (χ2n) is 16.2. The second kappa shape index (κ2) is 13.8. The summed E-state index contributed by atoms with van der Waals surface area (Å²) in [6.45, 7) is 0. The molecule has 0 aliphatic rings. The van der Waals surface area contributed by atoms with Crippen LogP contribution in [0.1, 0.15) is 0 Å². The van der Waals surface area contributed by atoms with Crippen molar-refractivity contribution in [1.29, 1.82) is 0 Å². The third kappa shape index (κ3) is 5.17. The number of benzene rings is 9. The highest BCUT2D eigenvalue weighted by Crippen LogP contribution is 2.34. The first kappa shape index (κ1) is 35.8. The fraction of sp³-hybridized carbons (Fsp3) is 0. The van der Waals surface area contributed by atoms with Gasteiger partial charge in [0, 0.05) is 32.9 Å². The quantitative estimate of drug-likeness (QED) is 0.168. The van der Waals surface area contributed by atoms with Crippen molar-refractivity contribution in [2.24, 2.45) is 0 Å². The van der Waals surface area contributed by atoms with Gasteiger partial charge in [-0.1, -0.05) is 97.1 Å². The minimum atomic E-state index is -0.184. The lowest BCUT2D eigenvalue weighted by molar-refractivity contribution is 0.919. The van der Waals surface area contributed by atoms with E-state index in [0.29, 0.717) is 11.4 Å². The molecule has 302 valence electrons. The van der Waals surface area contributed by atoms with Crippen LogP contribution >= 0.6 is 0 Å². The zero-order valence-corrected chi connectivity index (χ0v) is 34.3. The van der Waals surface area contributed by atoms with E-state index in [0.717, 1.165) is 66.9 Å². The van der Waals surface area contributed by atoms with Crippen molar-refractivity contribution in [3.05, 3.63) is 239 Å². The van der Waals surface area contributed by atoms with Crippen LogP contribution in [0.2, 0.25) is 0 Å². The van der Waals surface area contributed by atoms with Crippen molar-refractivity contribution in [3.63, 3.8) is 0 Å². The van der Waals surface area contributed by atoms with Gasteiger partial charge < -0.3 is 9.13 Å². The Labute approximate surface area is 365 Å². The summed E-state index contributed by atoms with van der Waals surface area (Å²) in [5, 5.41) is 4.80. The van der Waals surface area contributed by atoms with Crippen LogP contribution in [0, 0.1) is 0 Å². The average molecular weight is 825 g/mol.